The normalized spacial score (nSPS) is 12.6. The van der Waals surface area contributed by atoms with Gasteiger partial charge >= 0.3 is 12.1 Å². The molecule has 0 radical (unpaired) electrons. The first-order chi connectivity index (χ1) is 15.8. The molecule has 0 aliphatic carbocycles. The number of thiol groups is 1. The average molecular weight is 529 g/mol. The number of rotatable bonds is 9. The third-order valence-electron chi connectivity index (χ3n) is 4.71. The van der Waals surface area contributed by atoms with Gasteiger partial charge in [-0.2, -0.15) is 12.6 Å². The zero-order chi connectivity index (χ0) is 25.5. The monoisotopic (exact) mass is 528 g/mol. The van der Waals surface area contributed by atoms with Crippen LogP contribution in [-0.4, -0.2) is 40.3 Å². The molecule has 4 N–H and O–H groups in total. The molecule has 2 rings (SSSR count). The molecule has 34 heavy (non-hydrogen) atoms. The predicted molar refractivity (Wildman–Crippen MR) is 132 cm³/mol. The van der Waals surface area contributed by atoms with Crippen molar-refractivity contribution in [2.45, 2.75) is 54.8 Å². The summed E-state index contributed by atoms with van der Waals surface area (Å²) < 4.78 is 53.5. The van der Waals surface area contributed by atoms with E-state index in [0.717, 1.165) is 11.1 Å². The molecule has 0 bridgehead atoms. The van der Waals surface area contributed by atoms with Crippen LogP contribution >= 0.6 is 12.6 Å². The molecule has 0 aliphatic heterocycles. The summed E-state index contributed by atoms with van der Waals surface area (Å²) in [5.74, 6) is 0. The summed E-state index contributed by atoms with van der Waals surface area (Å²) in [5.41, 5.74) is 1.69. The van der Waals surface area contributed by atoms with Crippen molar-refractivity contribution in [1.29, 1.82) is 0 Å². The van der Waals surface area contributed by atoms with E-state index >= 15 is 0 Å². The zero-order valence-corrected chi connectivity index (χ0v) is 21.4. The Bertz CT molecular complexity index is 1120. The SMILES string of the molecule is CCC(S)CC(NC(=O)NS(=O)(=O)c1ccc(C)cc1)NC(=O)NS(=O)(=O)c1ccc(C)cc1. The number of urea groups is 2. The highest BCUT2D eigenvalue weighted by Crippen LogP contribution is 2.12. The topological polar surface area (TPSA) is 151 Å². The van der Waals surface area contributed by atoms with E-state index in [1.165, 1.54) is 24.3 Å². The van der Waals surface area contributed by atoms with Crippen molar-refractivity contribution < 1.29 is 26.4 Å². The van der Waals surface area contributed by atoms with Crippen LogP contribution in [0.25, 0.3) is 0 Å². The molecule has 0 saturated carbocycles. The fraction of sp³-hybridized carbons (Fsp3) is 0.333. The van der Waals surface area contributed by atoms with Crippen LogP contribution in [0, 0.1) is 13.8 Å². The number of nitrogens with one attached hydrogen (secondary N) is 4. The first-order valence-electron chi connectivity index (χ1n) is 10.3. The number of carbonyl (C=O) groups excluding carboxylic acids is 2. The first-order valence-corrected chi connectivity index (χ1v) is 13.8. The van der Waals surface area contributed by atoms with Crippen LogP contribution < -0.4 is 20.1 Å². The van der Waals surface area contributed by atoms with Crippen LogP contribution in [0.5, 0.6) is 0 Å². The Morgan fingerprint density at radius 2 is 1.12 bits per heavy atom. The Kier molecular flexibility index (Phi) is 9.36. The standard InChI is InChI=1S/C21H28N4O6S3/c1-4-16(32)13-19(22-20(26)24-33(28,29)17-9-5-14(2)6-10-17)23-21(27)25-34(30,31)18-11-7-15(3)8-12-18/h5-12,16,19,32H,4,13H2,1-3H3,(H2,22,24,26)(H2,23,25,27). The molecule has 2 aromatic carbocycles. The quantitative estimate of drug-likeness (QED) is 0.249. The maximum Gasteiger partial charge on any atom is 0.330 e. The lowest BCUT2D eigenvalue weighted by atomic mass is 10.2. The molecule has 4 amide bonds. The molecule has 0 saturated heterocycles. The third kappa shape index (κ3) is 8.22. The summed E-state index contributed by atoms with van der Waals surface area (Å²) >= 11 is 4.34. The number of carbonyl (C=O) groups is 2. The van der Waals surface area contributed by atoms with Crippen LogP contribution in [0.15, 0.2) is 58.3 Å². The Morgan fingerprint density at radius 3 is 1.44 bits per heavy atom. The van der Waals surface area contributed by atoms with Gasteiger partial charge in [-0.15, -0.1) is 0 Å². The molecule has 0 aliphatic rings. The molecule has 186 valence electrons. The summed E-state index contributed by atoms with van der Waals surface area (Å²) in [6, 6.07) is 9.56. The minimum atomic E-state index is -4.16. The van der Waals surface area contributed by atoms with Gasteiger partial charge in [-0.3, -0.25) is 0 Å². The molecule has 0 heterocycles. The second-order valence-electron chi connectivity index (χ2n) is 7.63. The van der Waals surface area contributed by atoms with Gasteiger partial charge in [0.1, 0.15) is 6.17 Å². The molecule has 1 atom stereocenters. The highest BCUT2D eigenvalue weighted by molar-refractivity contribution is 7.90. The van der Waals surface area contributed by atoms with Gasteiger partial charge in [-0.1, -0.05) is 42.3 Å². The van der Waals surface area contributed by atoms with Crippen molar-refractivity contribution in [1.82, 2.24) is 20.1 Å². The van der Waals surface area contributed by atoms with Gasteiger partial charge in [0.05, 0.1) is 9.79 Å². The number of hydrogen-bond donors (Lipinski definition) is 5. The van der Waals surface area contributed by atoms with E-state index in [4.69, 9.17) is 0 Å². The minimum absolute atomic E-state index is 0.107. The van der Waals surface area contributed by atoms with Crippen molar-refractivity contribution >= 4 is 44.7 Å². The number of sulfonamides is 2. The number of hydrogen-bond acceptors (Lipinski definition) is 7. The first kappa shape index (κ1) is 27.5. The van der Waals surface area contributed by atoms with Crippen molar-refractivity contribution in [3.63, 3.8) is 0 Å². The van der Waals surface area contributed by atoms with Gasteiger partial charge in [0.15, 0.2) is 0 Å². The Labute approximate surface area is 205 Å². The smallest absolute Gasteiger partial charge is 0.317 e. The maximum absolute atomic E-state index is 12.4. The van der Waals surface area contributed by atoms with E-state index in [1.807, 2.05) is 16.4 Å². The summed E-state index contributed by atoms with van der Waals surface area (Å²) in [7, 11) is -8.32. The van der Waals surface area contributed by atoms with Crippen molar-refractivity contribution in [2.75, 3.05) is 0 Å². The Balaban J connectivity index is 2.09. The van der Waals surface area contributed by atoms with Gasteiger partial charge in [-0.05, 0) is 51.0 Å². The second-order valence-corrected chi connectivity index (χ2v) is 11.7. The highest BCUT2D eigenvalue weighted by Gasteiger charge is 2.24. The van der Waals surface area contributed by atoms with Gasteiger partial charge in [-0.25, -0.2) is 35.9 Å². The third-order valence-corrected chi connectivity index (χ3v) is 7.98. The fourth-order valence-corrected chi connectivity index (χ4v) is 4.81. The van der Waals surface area contributed by atoms with E-state index < -0.39 is 38.3 Å². The van der Waals surface area contributed by atoms with Crippen LogP contribution in [0.4, 0.5) is 9.59 Å². The van der Waals surface area contributed by atoms with Crippen LogP contribution in [0.3, 0.4) is 0 Å². The molecular formula is C21H28N4O6S3. The van der Waals surface area contributed by atoms with Crippen LogP contribution in [0.1, 0.15) is 30.9 Å². The largest absolute Gasteiger partial charge is 0.330 e. The van der Waals surface area contributed by atoms with E-state index in [9.17, 15) is 26.4 Å². The fourth-order valence-electron chi connectivity index (χ4n) is 2.76. The number of benzene rings is 2. The van der Waals surface area contributed by atoms with Crippen LogP contribution in [-0.2, 0) is 20.0 Å². The minimum Gasteiger partial charge on any atom is -0.317 e. The van der Waals surface area contributed by atoms with E-state index in [2.05, 4.69) is 23.3 Å². The second kappa shape index (κ2) is 11.6. The summed E-state index contributed by atoms with van der Waals surface area (Å²) in [5, 5.41) is 4.41. The zero-order valence-electron chi connectivity index (χ0n) is 18.9. The van der Waals surface area contributed by atoms with Gasteiger partial charge in [0.2, 0.25) is 0 Å². The lowest BCUT2D eigenvalue weighted by molar-refractivity contribution is 0.230. The highest BCUT2D eigenvalue weighted by atomic mass is 32.2. The van der Waals surface area contributed by atoms with Crippen molar-refractivity contribution in [3.05, 3.63) is 59.7 Å². The van der Waals surface area contributed by atoms with Crippen LogP contribution in [0.2, 0.25) is 0 Å². The summed E-state index contributed by atoms with van der Waals surface area (Å²) in [6.45, 7) is 5.41. The van der Waals surface area contributed by atoms with Crippen molar-refractivity contribution in [3.8, 4) is 0 Å². The van der Waals surface area contributed by atoms with E-state index in [-0.39, 0.29) is 21.5 Å². The summed E-state index contributed by atoms with van der Waals surface area (Å²) in [6.07, 6.45) is -0.422. The van der Waals surface area contributed by atoms with Gasteiger partial charge < -0.3 is 10.6 Å². The predicted octanol–water partition coefficient (Wildman–Crippen LogP) is 2.40. The molecule has 0 aromatic heterocycles. The maximum atomic E-state index is 12.4. The number of aryl methyl sites for hydroxylation is 2. The molecule has 10 nitrogen and oxygen atoms in total. The Hall–Kier alpha value is -2.77. The molecular weight excluding hydrogens is 500 g/mol. The molecule has 0 spiro atoms. The lowest BCUT2D eigenvalue weighted by Gasteiger charge is -2.23. The van der Waals surface area contributed by atoms with Gasteiger partial charge in [0, 0.05) is 5.25 Å². The van der Waals surface area contributed by atoms with Gasteiger partial charge in [0.25, 0.3) is 20.0 Å². The van der Waals surface area contributed by atoms with Crippen molar-refractivity contribution in [2.24, 2.45) is 0 Å². The van der Waals surface area contributed by atoms with E-state index in [1.54, 1.807) is 38.1 Å². The average Bonchev–Trinajstić information content (AvgIpc) is 2.73. The summed E-state index contributed by atoms with van der Waals surface area (Å²) in [4.78, 5) is 24.5. The number of amides is 4. The molecule has 1 unspecified atom stereocenters. The molecule has 13 heteroatoms. The van der Waals surface area contributed by atoms with E-state index in [0.29, 0.717) is 6.42 Å². The molecule has 0 fully saturated rings. The molecule has 2 aromatic rings. The Morgan fingerprint density at radius 1 is 0.765 bits per heavy atom. The lowest BCUT2D eigenvalue weighted by Crippen LogP contribution is -2.55.